The molecule has 1 amide bonds. The van der Waals surface area contributed by atoms with Crippen molar-refractivity contribution in [3.05, 3.63) is 18.5 Å². The van der Waals surface area contributed by atoms with Gasteiger partial charge in [-0.05, 0) is 39.7 Å². The summed E-state index contributed by atoms with van der Waals surface area (Å²) in [7, 11) is 1.89. The summed E-state index contributed by atoms with van der Waals surface area (Å²) in [6, 6.07) is 1.26. The second-order valence-corrected chi connectivity index (χ2v) is 6.91. The molecule has 2 heterocycles. The number of carbonyl (C=O) groups is 2. The number of hydrogen-bond donors (Lipinski definition) is 2. The highest BCUT2D eigenvalue weighted by molar-refractivity contribution is 5.79. The van der Waals surface area contributed by atoms with Crippen LogP contribution in [-0.4, -0.2) is 46.0 Å². The van der Waals surface area contributed by atoms with Crippen LogP contribution in [-0.2, 0) is 16.6 Å². The number of nitrogens with zero attached hydrogens (tertiary/aromatic N) is 2. The molecule has 0 unspecified atom stereocenters. The molecule has 2 rings (SSSR count). The van der Waals surface area contributed by atoms with Gasteiger partial charge in [0.15, 0.2) is 0 Å². The van der Waals surface area contributed by atoms with Crippen LogP contribution in [0.5, 0.6) is 0 Å². The zero-order valence-corrected chi connectivity index (χ0v) is 14.1. The number of carboxylic acid groups (broad SMARTS) is 1. The Morgan fingerprint density at radius 3 is 2.61 bits per heavy atom. The lowest BCUT2D eigenvalue weighted by atomic mass is 10.2. The Morgan fingerprint density at radius 2 is 2.09 bits per heavy atom. The van der Waals surface area contributed by atoms with Crippen molar-refractivity contribution in [1.29, 1.82) is 0 Å². The molecule has 128 valence electrons. The molecule has 1 fully saturated rings. The SMILES string of the molecule is Cn1ccc(N2[C@@H](CNC(=O)OC(C)(C)C)CC[C@H]2C(=O)O)c1. The summed E-state index contributed by atoms with van der Waals surface area (Å²) < 4.78 is 7.11. The van der Waals surface area contributed by atoms with Crippen molar-refractivity contribution in [3.8, 4) is 0 Å². The lowest BCUT2D eigenvalue weighted by molar-refractivity contribution is -0.138. The van der Waals surface area contributed by atoms with Gasteiger partial charge in [-0.15, -0.1) is 0 Å². The van der Waals surface area contributed by atoms with Crippen LogP contribution >= 0.6 is 0 Å². The normalized spacial score (nSPS) is 21.3. The van der Waals surface area contributed by atoms with Crippen molar-refractivity contribution in [1.82, 2.24) is 9.88 Å². The van der Waals surface area contributed by atoms with Crippen LogP contribution in [0, 0.1) is 0 Å². The number of aryl methyl sites for hydroxylation is 1. The molecule has 0 aliphatic carbocycles. The van der Waals surface area contributed by atoms with Crippen LogP contribution in [0.3, 0.4) is 0 Å². The van der Waals surface area contributed by atoms with E-state index in [4.69, 9.17) is 4.74 Å². The summed E-state index contributed by atoms with van der Waals surface area (Å²) in [5, 5.41) is 12.2. The number of nitrogens with one attached hydrogen (secondary N) is 1. The number of rotatable bonds is 4. The van der Waals surface area contributed by atoms with E-state index in [9.17, 15) is 14.7 Å². The molecular formula is C16H25N3O4. The van der Waals surface area contributed by atoms with Gasteiger partial charge in [0, 0.05) is 32.0 Å². The van der Waals surface area contributed by atoms with Gasteiger partial charge < -0.3 is 24.6 Å². The van der Waals surface area contributed by atoms with Gasteiger partial charge in [-0.3, -0.25) is 0 Å². The van der Waals surface area contributed by atoms with Gasteiger partial charge >= 0.3 is 12.1 Å². The summed E-state index contributed by atoms with van der Waals surface area (Å²) in [5.41, 5.74) is 0.302. The van der Waals surface area contributed by atoms with E-state index in [1.165, 1.54) is 0 Å². The van der Waals surface area contributed by atoms with Gasteiger partial charge in [0.1, 0.15) is 11.6 Å². The first-order chi connectivity index (χ1) is 10.7. The number of carboxylic acids is 1. The standard InChI is InChI=1S/C16H25N3O4/c1-16(2,3)23-15(22)17-9-11-5-6-13(14(20)21)19(11)12-7-8-18(4)10-12/h7-8,10-11,13H,5-6,9H2,1-4H3,(H,17,22)(H,20,21)/t11-,13+/m1/s1. The maximum absolute atomic E-state index is 11.8. The van der Waals surface area contributed by atoms with Crippen molar-refractivity contribution in [3.63, 3.8) is 0 Å². The summed E-state index contributed by atoms with van der Waals surface area (Å²) in [6.07, 6.45) is 4.56. The van der Waals surface area contributed by atoms with E-state index < -0.39 is 23.7 Å². The summed E-state index contributed by atoms with van der Waals surface area (Å²) >= 11 is 0. The fraction of sp³-hybridized carbons (Fsp3) is 0.625. The summed E-state index contributed by atoms with van der Waals surface area (Å²) in [6.45, 7) is 5.77. The number of alkyl carbamates (subject to hydrolysis) is 1. The van der Waals surface area contributed by atoms with E-state index in [0.717, 1.165) is 5.69 Å². The highest BCUT2D eigenvalue weighted by atomic mass is 16.6. The maximum Gasteiger partial charge on any atom is 0.407 e. The minimum atomic E-state index is -0.839. The monoisotopic (exact) mass is 323 g/mol. The topological polar surface area (TPSA) is 83.8 Å². The van der Waals surface area contributed by atoms with E-state index in [1.54, 1.807) is 20.8 Å². The fourth-order valence-corrected chi connectivity index (χ4v) is 2.87. The van der Waals surface area contributed by atoms with Crippen molar-refractivity contribution in [2.24, 2.45) is 7.05 Å². The number of carbonyl (C=O) groups excluding carboxylic acids is 1. The molecule has 23 heavy (non-hydrogen) atoms. The number of aromatic nitrogens is 1. The van der Waals surface area contributed by atoms with E-state index in [1.807, 2.05) is 35.0 Å². The van der Waals surface area contributed by atoms with Crippen molar-refractivity contribution >= 4 is 17.7 Å². The van der Waals surface area contributed by atoms with Crippen LogP contribution in [0.15, 0.2) is 18.5 Å². The molecule has 7 heteroatoms. The van der Waals surface area contributed by atoms with Gasteiger partial charge in [-0.2, -0.15) is 0 Å². The third-order valence-corrected chi connectivity index (χ3v) is 3.78. The number of aliphatic carboxylic acids is 1. The molecular weight excluding hydrogens is 298 g/mol. The Kier molecular flexibility index (Phi) is 4.87. The Hall–Kier alpha value is -2.18. The van der Waals surface area contributed by atoms with E-state index >= 15 is 0 Å². The van der Waals surface area contributed by atoms with Gasteiger partial charge in [0.2, 0.25) is 0 Å². The van der Waals surface area contributed by atoms with Crippen LogP contribution in [0.2, 0.25) is 0 Å². The van der Waals surface area contributed by atoms with Gasteiger partial charge in [-0.1, -0.05) is 0 Å². The molecule has 0 bridgehead atoms. The van der Waals surface area contributed by atoms with Gasteiger partial charge in [0.25, 0.3) is 0 Å². The lowest BCUT2D eigenvalue weighted by Crippen LogP contribution is -2.46. The Labute approximate surface area is 136 Å². The molecule has 0 radical (unpaired) electrons. The molecule has 1 aliphatic rings. The third-order valence-electron chi connectivity index (χ3n) is 3.78. The van der Waals surface area contributed by atoms with Crippen molar-refractivity contribution in [2.75, 3.05) is 11.4 Å². The molecule has 0 saturated carbocycles. The summed E-state index contributed by atoms with van der Waals surface area (Å²) in [4.78, 5) is 25.2. The fourth-order valence-electron chi connectivity index (χ4n) is 2.87. The Morgan fingerprint density at radius 1 is 1.39 bits per heavy atom. The smallest absolute Gasteiger partial charge is 0.407 e. The molecule has 0 spiro atoms. The van der Waals surface area contributed by atoms with Crippen molar-refractivity contribution < 1.29 is 19.4 Å². The lowest BCUT2D eigenvalue weighted by Gasteiger charge is -2.30. The van der Waals surface area contributed by atoms with Crippen LogP contribution in [0.25, 0.3) is 0 Å². The van der Waals surface area contributed by atoms with E-state index in [2.05, 4.69) is 5.32 Å². The second kappa shape index (κ2) is 6.52. The van der Waals surface area contributed by atoms with Gasteiger partial charge in [0.05, 0.1) is 5.69 Å². The Balaban J connectivity index is 2.05. The molecule has 7 nitrogen and oxygen atoms in total. The highest BCUT2D eigenvalue weighted by Crippen LogP contribution is 2.30. The average molecular weight is 323 g/mol. The first kappa shape index (κ1) is 17.2. The molecule has 2 atom stereocenters. The Bertz CT molecular complexity index is 576. The van der Waals surface area contributed by atoms with Crippen LogP contribution < -0.4 is 10.2 Å². The summed E-state index contributed by atoms with van der Waals surface area (Å²) in [5.74, 6) is -0.839. The van der Waals surface area contributed by atoms with Gasteiger partial charge in [-0.25, -0.2) is 9.59 Å². The number of amides is 1. The third kappa shape index (κ3) is 4.40. The average Bonchev–Trinajstić information content (AvgIpc) is 2.99. The van der Waals surface area contributed by atoms with Crippen LogP contribution in [0.1, 0.15) is 33.6 Å². The van der Waals surface area contributed by atoms with E-state index in [-0.39, 0.29) is 6.04 Å². The molecule has 0 aromatic carbocycles. The molecule has 1 aliphatic heterocycles. The zero-order valence-electron chi connectivity index (χ0n) is 14.1. The van der Waals surface area contributed by atoms with E-state index in [0.29, 0.717) is 19.4 Å². The second-order valence-electron chi connectivity index (χ2n) is 6.91. The van der Waals surface area contributed by atoms with Crippen molar-refractivity contribution in [2.45, 2.75) is 51.3 Å². The minimum Gasteiger partial charge on any atom is -0.480 e. The zero-order chi connectivity index (χ0) is 17.2. The maximum atomic E-state index is 11.8. The highest BCUT2D eigenvalue weighted by Gasteiger charge is 2.38. The molecule has 2 N–H and O–H groups in total. The molecule has 1 aromatic rings. The predicted octanol–water partition coefficient (Wildman–Crippen LogP) is 1.97. The number of hydrogen-bond acceptors (Lipinski definition) is 4. The van der Waals surface area contributed by atoms with Crippen LogP contribution in [0.4, 0.5) is 10.5 Å². The first-order valence-electron chi connectivity index (χ1n) is 7.77. The largest absolute Gasteiger partial charge is 0.480 e. The first-order valence-corrected chi connectivity index (χ1v) is 7.77. The quantitative estimate of drug-likeness (QED) is 0.885. The predicted molar refractivity (Wildman–Crippen MR) is 86.6 cm³/mol. The minimum absolute atomic E-state index is 0.0639. The molecule has 1 aromatic heterocycles. The number of ether oxygens (including phenoxy) is 1. The molecule has 1 saturated heterocycles. The number of anilines is 1.